The van der Waals surface area contributed by atoms with Crippen LogP contribution >= 0.6 is 0 Å². The van der Waals surface area contributed by atoms with Crippen molar-refractivity contribution in [2.45, 2.75) is 19.3 Å². The molecule has 0 aromatic heterocycles. The third-order valence-corrected chi connectivity index (χ3v) is 1.64. The van der Waals surface area contributed by atoms with E-state index in [2.05, 4.69) is 42.9 Å². The lowest BCUT2D eigenvalue weighted by Crippen LogP contribution is -1.62. The molecule has 0 saturated carbocycles. The maximum absolute atomic E-state index is 5.06. The zero-order valence-corrected chi connectivity index (χ0v) is 9.10. The van der Waals surface area contributed by atoms with Gasteiger partial charge in [0.1, 0.15) is 0 Å². The van der Waals surface area contributed by atoms with E-state index in [-0.39, 0.29) is 0 Å². The molecule has 78 valence electrons. The average molecular weight is 198 g/mol. The molecule has 0 heteroatoms. The number of hydrogen-bond acceptors (Lipinski definition) is 0. The fraction of sp³-hybridized carbons (Fsp3) is 0.200. The first-order valence-corrected chi connectivity index (χ1v) is 5.10. The van der Waals surface area contributed by atoms with E-state index >= 15 is 0 Å². The van der Waals surface area contributed by atoms with Gasteiger partial charge in [-0.05, 0) is 25.3 Å². The van der Waals surface area contributed by atoms with E-state index in [1.807, 2.05) is 12.2 Å². The summed E-state index contributed by atoms with van der Waals surface area (Å²) in [5, 5.41) is 0. The van der Waals surface area contributed by atoms with E-state index in [1.54, 1.807) is 12.2 Å². The van der Waals surface area contributed by atoms with Crippen LogP contribution in [0, 0.1) is 12.3 Å². The van der Waals surface area contributed by atoms with Gasteiger partial charge < -0.3 is 0 Å². The second kappa shape index (κ2) is 12.3. The Balaban J connectivity index is 3.44. The lowest BCUT2D eigenvalue weighted by atomic mass is 10.2. The molecule has 0 rings (SSSR count). The van der Waals surface area contributed by atoms with E-state index in [0.29, 0.717) is 0 Å². The first kappa shape index (κ1) is 13.3. The predicted octanol–water partition coefficient (Wildman–Crippen LogP) is 4.20. The van der Waals surface area contributed by atoms with Gasteiger partial charge in [0.15, 0.2) is 0 Å². The monoisotopic (exact) mass is 198 g/mol. The number of rotatable bonds is 7. The van der Waals surface area contributed by atoms with Gasteiger partial charge in [0.05, 0.1) is 0 Å². The van der Waals surface area contributed by atoms with Crippen molar-refractivity contribution < 1.29 is 0 Å². The van der Waals surface area contributed by atoms with Gasteiger partial charge in [-0.1, -0.05) is 61.1 Å². The minimum Gasteiger partial charge on any atom is -0.115 e. The summed E-state index contributed by atoms with van der Waals surface area (Å²) in [5.74, 6) is 2.45. The van der Waals surface area contributed by atoms with Gasteiger partial charge in [0.25, 0.3) is 0 Å². The van der Waals surface area contributed by atoms with Crippen LogP contribution in [0.1, 0.15) is 19.3 Å². The van der Waals surface area contributed by atoms with Crippen LogP contribution in [0.5, 0.6) is 0 Å². The Morgan fingerprint density at radius 2 is 1.40 bits per heavy atom. The van der Waals surface area contributed by atoms with E-state index in [0.717, 1.165) is 19.3 Å². The molecule has 0 aromatic carbocycles. The smallest absolute Gasteiger partial charge is 0.0158 e. The summed E-state index contributed by atoms with van der Waals surface area (Å²) in [7, 11) is 0. The van der Waals surface area contributed by atoms with Crippen molar-refractivity contribution in [3.8, 4) is 12.3 Å². The minimum atomic E-state index is 0.911. The Bertz CT molecular complexity index is 292. The van der Waals surface area contributed by atoms with Crippen molar-refractivity contribution in [3.05, 3.63) is 61.3 Å². The molecule has 0 atom stereocenters. The van der Waals surface area contributed by atoms with Crippen molar-refractivity contribution in [2.24, 2.45) is 0 Å². The number of hydrogen-bond donors (Lipinski definition) is 0. The van der Waals surface area contributed by atoms with Crippen LogP contribution in [0.4, 0.5) is 0 Å². The summed E-state index contributed by atoms with van der Waals surface area (Å²) >= 11 is 0. The maximum Gasteiger partial charge on any atom is -0.0158 e. The molecule has 0 amide bonds. The van der Waals surface area contributed by atoms with Gasteiger partial charge in [0.2, 0.25) is 0 Å². The summed E-state index contributed by atoms with van der Waals surface area (Å²) < 4.78 is 0. The maximum atomic E-state index is 5.06. The first-order chi connectivity index (χ1) is 7.41. The fourth-order valence-electron chi connectivity index (χ4n) is 0.931. The summed E-state index contributed by atoms with van der Waals surface area (Å²) in [6, 6.07) is 0. The molecular weight excluding hydrogens is 180 g/mol. The summed E-state index contributed by atoms with van der Waals surface area (Å²) in [6.07, 6.45) is 25.9. The molecule has 0 unspecified atom stereocenters. The van der Waals surface area contributed by atoms with E-state index in [1.165, 1.54) is 0 Å². The minimum absolute atomic E-state index is 0.911. The Morgan fingerprint density at radius 1 is 0.867 bits per heavy atom. The highest BCUT2D eigenvalue weighted by Crippen LogP contribution is 1.93. The van der Waals surface area contributed by atoms with Gasteiger partial charge in [-0.3, -0.25) is 0 Å². The number of allylic oxidation sites excluding steroid dienone is 9. The molecule has 0 aliphatic carbocycles. The van der Waals surface area contributed by atoms with Crippen LogP contribution in [0.2, 0.25) is 0 Å². The molecular formula is C15H18. The molecule has 0 heterocycles. The highest BCUT2D eigenvalue weighted by molar-refractivity contribution is 5.10. The van der Waals surface area contributed by atoms with Crippen molar-refractivity contribution in [1.29, 1.82) is 0 Å². The molecule has 15 heavy (non-hydrogen) atoms. The molecule has 0 fully saturated rings. The number of terminal acetylenes is 1. The molecule has 0 bridgehead atoms. The molecule has 0 N–H and O–H groups in total. The van der Waals surface area contributed by atoms with Crippen LogP contribution in [-0.2, 0) is 0 Å². The van der Waals surface area contributed by atoms with Crippen LogP contribution in [0.15, 0.2) is 61.3 Å². The van der Waals surface area contributed by atoms with E-state index < -0.39 is 0 Å². The van der Waals surface area contributed by atoms with Crippen LogP contribution < -0.4 is 0 Å². The fourth-order valence-corrected chi connectivity index (χ4v) is 0.931. The zero-order valence-electron chi connectivity index (χ0n) is 9.10. The predicted molar refractivity (Wildman–Crippen MR) is 69.4 cm³/mol. The highest BCUT2D eigenvalue weighted by Gasteiger charge is 1.72. The Labute approximate surface area is 93.4 Å². The normalized spacial score (nSPS) is 11.9. The van der Waals surface area contributed by atoms with Gasteiger partial charge in [-0.15, -0.1) is 6.42 Å². The molecule has 0 aliphatic rings. The van der Waals surface area contributed by atoms with Crippen molar-refractivity contribution in [1.82, 2.24) is 0 Å². The van der Waals surface area contributed by atoms with Crippen LogP contribution in [-0.4, -0.2) is 0 Å². The summed E-state index contributed by atoms with van der Waals surface area (Å²) in [5.41, 5.74) is 0. The second-order valence-corrected chi connectivity index (χ2v) is 2.88. The molecule has 0 aliphatic heterocycles. The van der Waals surface area contributed by atoms with Gasteiger partial charge >= 0.3 is 0 Å². The third-order valence-electron chi connectivity index (χ3n) is 1.64. The quantitative estimate of drug-likeness (QED) is 0.327. The summed E-state index contributed by atoms with van der Waals surface area (Å²) in [4.78, 5) is 0. The van der Waals surface area contributed by atoms with Crippen molar-refractivity contribution >= 4 is 0 Å². The molecule has 0 nitrogen and oxygen atoms in total. The second-order valence-electron chi connectivity index (χ2n) is 2.88. The van der Waals surface area contributed by atoms with Gasteiger partial charge in [-0.25, -0.2) is 0 Å². The third kappa shape index (κ3) is 12.3. The van der Waals surface area contributed by atoms with Gasteiger partial charge in [-0.2, -0.15) is 0 Å². The molecule has 0 spiro atoms. The van der Waals surface area contributed by atoms with Crippen molar-refractivity contribution in [3.63, 3.8) is 0 Å². The van der Waals surface area contributed by atoms with Crippen LogP contribution in [0.3, 0.4) is 0 Å². The molecule has 0 radical (unpaired) electrons. The van der Waals surface area contributed by atoms with Gasteiger partial charge in [0, 0.05) is 0 Å². The van der Waals surface area contributed by atoms with Crippen LogP contribution in [0.25, 0.3) is 0 Å². The SMILES string of the molecule is C#CC=CCC=CCC=CCC=CC=C. The lowest BCUT2D eigenvalue weighted by molar-refractivity contribution is 1.28. The van der Waals surface area contributed by atoms with E-state index in [9.17, 15) is 0 Å². The topological polar surface area (TPSA) is 0 Å². The first-order valence-electron chi connectivity index (χ1n) is 5.10. The molecule has 0 aromatic rings. The average Bonchev–Trinajstić information content (AvgIpc) is 2.26. The lowest BCUT2D eigenvalue weighted by Gasteiger charge is -1.83. The Morgan fingerprint density at radius 3 is 1.93 bits per heavy atom. The Kier molecular flexibility index (Phi) is 10.8. The standard InChI is InChI=1S/C15H18/c1-3-5-7-9-11-13-15-14-12-10-8-6-4-2/h1,4-8,11-14H,2,9-10,15H2. The Hall–Kier alpha value is -1.74. The van der Waals surface area contributed by atoms with E-state index in [4.69, 9.17) is 6.42 Å². The van der Waals surface area contributed by atoms with Crippen molar-refractivity contribution in [2.75, 3.05) is 0 Å². The zero-order chi connectivity index (χ0) is 11.2. The highest BCUT2D eigenvalue weighted by atomic mass is 13.8. The summed E-state index contributed by atoms with van der Waals surface area (Å²) in [6.45, 7) is 3.60. The molecule has 0 saturated heterocycles. The largest absolute Gasteiger partial charge is 0.115 e.